The summed E-state index contributed by atoms with van der Waals surface area (Å²) >= 11 is 4.97. The second-order valence-corrected chi connectivity index (χ2v) is 5.22. The maximum atomic E-state index is 11.2. The van der Waals surface area contributed by atoms with E-state index in [-0.39, 0.29) is 0 Å². The zero-order chi connectivity index (χ0) is 11.5. The Labute approximate surface area is 103 Å². The van der Waals surface area contributed by atoms with E-state index in [0.717, 1.165) is 16.0 Å². The Kier molecular flexibility index (Phi) is 3.54. The Hall–Kier alpha value is -0.960. The highest BCUT2D eigenvalue weighted by Gasteiger charge is 2.04. The molecule has 81 valence electrons. The van der Waals surface area contributed by atoms with Crippen molar-refractivity contribution in [2.75, 3.05) is 6.26 Å². The molecule has 16 heavy (non-hydrogen) atoms. The summed E-state index contributed by atoms with van der Waals surface area (Å²) in [5.74, 6) is 0. The van der Waals surface area contributed by atoms with Crippen LogP contribution in [0.5, 0.6) is 0 Å². The second-order valence-electron chi connectivity index (χ2n) is 3.40. The van der Waals surface area contributed by atoms with Crippen LogP contribution in [0.15, 0.2) is 47.4 Å². The first-order valence-electron chi connectivity index (χ1n) is 4.78. The summed E-state index contributed by atoms with van der Waals surface area (Å²) in [5, 5.41) is 0.692. The fraction of sp³-hybridized carbons (Fsp3) is 0.0769. The summed E-state index contributed by atoms with van der Waals surface area (Å²) in [7, 11) is 0. The van der Waals surface area contributed by atoms with Crippen molar-refractivity contribution < 1.29 is 4.55 Å². The van der Waals surface area contributed by atoms with E-state index >= 15 is 0 Å². The Balaban J connectivity index is 2.35. The van der Waals surface area contributed by atoms with Crippen molar-refractivity contribution in [3.63, 3.8) is 0 Å². The lowest BCUT2D eigenvalue weighted by Gasteiger charge is -2.05. The number of hydrogen-bond donors (Lipinski definition) is 0. The largest absolute Gasteiger partial charge is 0.612 e. The third-order valence-corrected chi connectivity index (χ3v) is 3.43. The van der Waals surface area contributed by atoms with Crippen LogP contribution in [0.4, 0.5) is 0 Å². The van der Waals surface area contributed by atoms with Crippen LogP contribution >= 0.6 is 11.6 Å². The first-order valence-corrected chi connectivity index (χ1v) is 6.71. The van der Waals surface area contributed by atoms with Gasteiger partial charge in [0.15, 0.2) is 4.90 Å². The van der Waals surface area contributed by atoms with Gasteiger partial charge in [-0.1, -0.05) is 17.7 Å². The Bertz CT molecular complexity index is 480. The Morgan fingerprint density at radius 1 is 1.19 bits per heavy atom. The lowest BCUT2D eigenvalue weighted by molar-refractivity contribution is 0.601. The molecule has 1 unspecified atom stereocenters. The number of hydrogen-bond acceptors (Lipinski definition) is 1. The van der Waals surface area contributed by atoms with E-state index in [2.05, 4.69) is 6.07 Å². The van der Waals surface area contributed by atoms with Gasteiger partial charge in [0.25, 0.3) is 0 Å². The number of benzene rings is 2. The molecule has 3 heteroatoms. The average molecular weight is 250 g/mol. The van der Waals surface area contributed by atoms with Crippen molar-refractivity contribution in [3.05, 3.63) is 53.6 Å². The van der Waals surface area contributed by atoms with Crippen LogP contribution in [0.25, 0.3) is 11.1 Å². The summed E-state index contributed by atoms with van der Waals surface area (Å²) in [6.45, 7) is 0. The van der Waals surface area contributed by atoms with Gasteiger partial charge in [-0.15, -0.1) is 0 Å². The molecule has 2 aromatic carbocycles. The van der Waals surface area contributed by atoms with E-state index in [1.165, 1.54) is 0 Å². The van der Waals surface area contributed by atoms with Crippen LogP contribution in [0.1, 0.15) is 0 Å². The van der Waals surface area contributed by atoms with Crippen LogP contribution in [-0.4, -0.2) is 10.8 Å². The van der Waals surface area contributed by atoms with E-state index < -0.39 is 11.2 Å². The molecule has 2 aromatic rings. The highest BCUT2D eigenvalue weighted by Crippen LogP contribution is 2.23. The van der Waals surface area contributed by atoms with Gasteiger partial charge < -0.3 is 4.55 Å². The summed E-state index contributed by atoms with van der Waals surface area (Å²) in [4.78, 5) is 0.825. The van der Waals surface area contributed by atoms with Crippen molar-refractivity contribution in [2.24, 2.45) is 0 Å². The van der Waals surface area contributed by atoms with Crippen molar-refractivity contribution in [2.45, 2.75) is 4.90 Å². The van der Waals surface area contributed by atoms with E-state index in [4.69, 9.17) is 11.6 Å². The van der Waals surface area contributed by atoms with Crippen molar-refractivity contribution in [1.82, 2.24) is 0 Å². The maximum absolute atomic E-state index is 11.2. The fourth-order valence-corrected chi connectivity index (χ4v) is 2.12. The monoisotopic (exact) mass is 249 g/mol. The number of halogens is 1. The molecule has 0 amide bonds. The minimum Gasteiger partial charge on any atom is -0.612 e. The van der Waals surface area contributed by atoms with Gasteiger partial charge in [-0.3, -0.25) is 0 Å². The average Bonchev–Trinajstić information content (AvgIpc) is 2.29. The minimum absolute atomic E-state index is 0.692. The van der Waals surface area contributed by atoms with Crippen molar-refractivity contribution >= 4 is 22.8 Å². The zero-order valence-corrected chi connectivity index (χ0v) is 10.3. The molecule has 0 aliphatic rings. The third-order valence-electron chi connectivity index (χ3n) is 2.26. The van der Waals surface area contributed by atoms with Gasteiger partial charge in [0.05, 0.1) is 0 Å². The molecule has 0 aliphatic heterocycles. The first kappa shape index (κ1) is 11.5. The summed E-state index contributed by atoms with van der Waals surface area (Å²) in [6.07, 6.45) is 1.67. The standard InChI is InChI=1S/C13H10ClOS/c1-16(15)13-7-5-10(6-8-13)11-3-2-4-12(14)9-11/h2,4-9H,1H3. The number of rotatable bonds is 2. The van der Waals surface area contributed by atoms with Gasteiger partial charge in [0.1, 0.15) is 6.26 Å². The van der Waals surface area contributed by atoms with Crippen LogP contribution < -0.4 is 0 Å². The van der Waals surface area contributed by atoms with E-state index in [0.29, 0.717) is 5.02 Å². The summed E-state index contributed by atoms with van der Waals surface area (Å²) in [6, 6.07) is 16.1. The molecular weight excluding hydrogens is 240 g/mol. The van der Waals surface area contributed by atoms with Gasteiger partial charge in [-0.05, 0) is 64.8 Å². The van der Waals surface area contributed by atoms with Crippen molar-refractivity contribution in [1.29, 1.82) is 0 Å². The summed E-state index contributed by atoms with van der Waals surface area (Å²) < 4.78 is 11.2. The molecule has 0 saturated heterocycles. The van der Waals surface area contributed by atoms with Crippen LogP contribution in [0.3, 0.4) is 0 Å². The molecule has 0 heterocycles. The topological polar surface area (TPSA) is 23.1 Å². The molecule has 0 bridgehead atoms. The van der Waals surface area contributed by atoms with E-state index in [1.807, 2.05) is 30.3 Å². The van der Waals surface area contributed by atoms with Gasteiger partial charge in [-0.2, -0.15) is 0 Å². The highest BCUT2D eigenvalue weighted by atomic mass is 35.5. The third kappa shape index (κ3) is 2.59. The van der Waals surface area contributed by atoms with Gasteiger partial charge in [0.2, 0.25) is 0 Å². The normalized spacial score (nSPS) is 12.4. The highest BCUT2D eigenvalue weighted by molar-refractivity contribution is 7.90. The smallest absolute Gasteiger partial charge is 0.152 e. The maximum Gasteiger partial charge on any atom is 0.152 e. The molecule has 0 aromatic heterocycles. The first-order chi connectivity index (χ1) is 7.66. The fourth-order valence-electron chi connectivity index (χ4n) is 1.43. The molecular formula is C13H10ClOS. The molecule has 0 spiro atoms. The molecule has 0 saturated carbocycles. The Morgan fingerprint density at radius 2 is 1.88 bits per heavy atom. The van der Waals surface area contributed by atoms with Gasteiger partial charge >= 0.3 is 0 Å². The van der Waals surface area contributed by atoms with Gasteiger partial charge in [-0.25, -0.2) is 0 Å². The predicted molar refractivity (Wildman–Crippen MR) is 68.1 cm³/mol. The molecule has 1 nitrogen and oxygen atoms in total. The predicted octanol–water partition coefficient (Wildman–Crippen LogP) is 3.54. The molecule has 0 aliphatic carbocycles. The SMILES string of the molecule is C[S+]([O-])c1ccc(-c2[c]ccc(Cl)c2)cc1. The van der Waals surface area contributed by atoms with E-state index in [1.54, 1.807) is 18.4 Å². The van der Waals surface area contributed by atoms with Crippen LogP contribution in [0, 0.1) is 6.07 Å². The molecule has 0 fully saturated rings. The molecule has 1 atom stereocenters. The lowest BCUT2D eigenvalue weighted by Crippen LogP contribution is -1.96. The quantitative estimate of drug-likeness (QED) is 0.747. The van der Waals surface area contributed by atoms with E-state index in [9.17, 15) is 4.55 Å². The van der Waals surface area contributed by atoms with Crippen molar-refractivity contribution in [3.8, 4) is 11.1 Å². The van der Waals surface area contributed by atoms with Crippen LogP contribution in [-0.2, 0) is 11.2 Å². The molecule has 2 rings (SSSR count). The molecule has 1 radical (unpaired) electrons. The van der Waals surface area contributed by atoms with Crippen LogP contribution in [0.2, 0.25) is 5.02 Å². The molecule has 0 N–H and O–H groups in total. The minimum atomic E-state index is -0.934. The Morgan fingerprint density at radius 3 is 2.44 bits per heavy atom. The zero-order valence-electron chi connectivity index (χ0n) is 8.74. The lowest BCUT2D eigenvalue weighted by atomic mass is 10.1. The van der Waals surface area contributed by atoms with Gasteiger partial charge in [0, 0.05) is 5.02 Å². The summed E-state index contributed by atoms with van der Waals surface area (Å²) in [5.41, 5.74) is 1.97. The second kappa shape index (κ2) is 4.91.